The van der Waals surface area contributed by atoms with Crippen LogP contribution in [0.5, 0.6) is 0 Å². The average Bonchev–Trinajstić information content (AvgIpc) is 2.86. The van der Waals surface area contributed by atoms with Crippen LogP contribution in [-0.4, -0.2) is 43.8 Å². The highest BCUT2D eigenvalue weighted by Crippen LogP contribution is 2.31. The zero-order valence-electron chi connectivity index (χ0n) is 20.3. The van der Waals surface area contributed by atoms with Crippen LogP contribution in [-0.2, 0) is 14.4 Å². The zero-order valence-corrected chi connectivity index (χ0v) is 22.5. The van der Waals surface area contributed by atoms with E-state index in [1.54, 1.807) is 19.9 Å². The topological polar surface area (TPSA) is 109 Å². The first-order valence-electron chi connectivity index (χ1n) is 11.0. The van der Waals surface area contributed by atoms with E-state index < -0.39 is 34.5 Å². The number of nitrogens with one attached hydrogen (secondary N) is 3. The number of hydroxylamine groups is 1. The SMILES string of the molecule is CNC(=O)C(C)(C)CO/C=C/C=C\c1cc(C(=O)NOCCO)c(Nc2ccc(I)cc2F)c(F)c1F. The van der Waals surface area contributed by atoms with Crippen LogP contribution in [0.15, 0.2) is 42.7 Å². The number of rotatable bonds is 12. The van der Waals surface area contributed by atoms with Crippen LogP contribution < -0.4 is 16.1 Å². The maximum atomic E-state index is 15.1. The summed E-state index contributed by atoms with van der Waals surface area (Å²) >= 11 is 1.89. The Labute approximate surface area is 226 Å². The van der Waals surface area contributed by atoms with E-state index in [1.807, 2.05) is 28.1 Å². The first-order chi connectivity index (χ1) is 17.5. The van der Waals surface area contributed by atoms with Crippen molar-refractivity contribution in [3.63, 3.8) is 0 Å². The van der Waals surface area contributed by atoms with Crippen molar-refractivity contribution in [2.75, 3.05) is 32.2 Å². The molecule has 2 aromatic rings. The Balaban J connectivity index is 2.33. The molecule has 0 unspecified atom stereocenters. The number of halogens is 4. The quantitative estimate of drug-likeness (QED) is 0.0907. The van der Waals surface area contributed by atoms with Crippen molar-refractivity contribution >= 4 is 51.9 Å². The summed E-state index contributed by atoms with van der Waals surface area (Å²) in [6, 6.07) is 5.11. The largest absolute Gasteiger partial charge is 0.500 e. The third kappa shape index (κ3) is 8.47. The highest BCUT2D eigenvalue weighted by molar-refractivity contribution is 14.1. The molecular weight excluding hydrogens is 606 g/mol. The van der Waals surface area contributed by atoms with Crippen molar-refractivity contribution in [1.82, 2.24) is 10.8 Å². The lowest BCUT2D eigenvalue weighted by Gasteiger charge is -2.21. The van der Waals surface area contributed by atoms with Gasteiger partial charge in [-0.05, 0) is 66.8 Å². The number of hydrogen-bond acceptors (Lipinski definition) is 6. The summed E-state index contributed by atoms with van der Waals surface area (Å²) in [4.78, 5) is 29.2. The summed E-state index contributed by atoms with van der Waals surface area (Å²) in [6.45, 7) is 2.84. The number of carbonyl (C=O) groups excluding carboxylic acids is 2. The number of aliphatic hydroxyl groups excluding tert-OH is 1. The lowest BCUT2D eigenvalue weighted by Crippen LogP contribution is -2.37. The second kappa shape index (κ2) is 14.0. The normalized spacial score (nSPS) is 11.7. The minimum absolute atomic E-state index is 0.0770. The molecule has 2 rings (SSSR count). The van der Waals surface area contributed by atoms with Crippen molar-refractivity contribution in [3.8, 4) is 0 Å². The molecule has 0 saturated carbocycles. The Hall–Kier alpha value is -3.10. The van der Waals surface area contributed by atoms with Crippen molar-refractivity contribution in [2.24, 2.45) is 5.41 Å². The van der Waals surface area contributed by atoms with Gasteiger partial charge in [0.15, 0.2) is 11.6 Å². The first kappa shape index (κ1) is 30.1. The van der Waals surface area contributed by atoms with Gasteiger partial charge in [-0.3, -0.25) is 14.4 Å². The molecule has 0 atom stereocenters. The van der Waals surface area contributed by atoms with Crippen LogP contribution in [0.25, 0.3) is 6.08 Å². The van der Waals surface area contributed by atoms with Crippen molar-refractivity contribution < 1.29 is 37.4 Å². The average molecular weight is 633 g/mol. The van der Waals surface area contributed by atoms with Crippen LogP contribution in [0.2, 0.25) is 0 Å². The summed E-state index contributed by atoms with van der Waals surface area (Å²) in [5.74, 6) is -4.59. The summed E-state index contributed by atoms with van der Waals surface area (Å²) < 4.78 is 50.2. The van der Waals surface area contributed by atoms with E-state index in [0.29, 0.717) is 3.57 Å². The predicted molar refractivity (Wildman–Crippen MR) is 141 cm³/mol. The molecule has 0 radical (unpaired) electrons. The van der Waals surface area contributed by atoms with E-state index in [9.17, 15) is 18.4 Å². The second-order valence-corrected chi connectivity index (χ2v) is 9.48. The van der Waals surface area contributed by atoms with Gasteiger partial charge in [-0.2, -0.15) is 0 Å². The monoisotopic (exact) mass is 633 g/mol. The fourth-order valence-electron chi connectivity index (χ4n) is 2.93. The molecule has 0 aliphatic carbocycles. The molecule has 0 saturated heterocycles. The Bertz CT molecular complexity index is 1190. The first-order valence-corrected chi connectivity index (χ1v) is 12.0. The minimum Gasteiger partial charge on any atom is -0.500 e. The smallest absolute Gasteiger partial charge is 0.277 e. The Morgan fingerprint density at radius 3 is 2.51 bits per heavy atom. The van der Waals surface area contributed by atoms with Crippen LogP contribution in [0.4, 0.5) is 24.5 Å². The van der Waals surface area contributed by atoms with Crippen molar-refractivity contribution in [1.29, 1.82) is 0 Å². The van der Waals surface area contributed by atoms with Gasteiger partial charge in [0.25, 0.3) is 5.91 Å². The molecule has 0 bridgehead atoms. The molecule has 0 fully saturated rings. The van der Waals surface area contributed by atoms with Gasteiger partial charge in [0.05, 0.1) is 41.8 Å². The van der Waals surface area contributed by atoms with Crippen LogP contribution >= 0.6 is 22.6 Å². The summed E-state index contributed by atoms with van der Waals surface area (Å²) in [7, 11) is 1.52. The molecule has 8 nitrogen and oxygen atoms in total. The van der Waals surface area contributed by atoms with E-state index in [2.05, 4.69) is 10.6 Å². The van der Waals surface area contributed by atoms with Gasteiger partial charge in [0, 0.05) is 16.2 Å². The summed E-state index contributed by atoms with van der Waals surface area (Å²) in [6.07, 6.45) is 5.22. The Kier molecular flexibility index (Phi) is 11.4. The standard InChI is InChI=1S/C25H27F3IN3O5/c1-25(2,24(35)30-3)14-36-10-5-4-6-15-12-17(23(34)32-37-11-9-33)22(21(28)20(15)27)31-19-8-7-16(29)13-18(19)26/h4-8,10,12-13,31,33H,9,11,14H2,1-3H3,(H,30,35)(H,32,34)/b6-4-,10-5+. The molecule has 0 aliphatic rings. The molecule has 4 N–H and O–H groups in total. The highest BCUT2D eigenvalue weighted by Gasteiger charge is 2.27. The van der Waals surface area contributed by atoms with E-state index in [4.69, 9.17) is 14.7 Å². The lowest BCUT2D eigenvalue weighted by atomic mass is 9.94. The number of aliphatic hydroxyl groups is 1. The van der Waals surface area contributed by atoms with Gasteiger partial charge in [-0.1, -0.05) is 12.2 Å². The molecule has 0 heterocycles. The van der Waals surface area contributed by atoms with Crippen LogP contribution in [0, 0.1) is 26.4 Å². The zero-order chi connectivity index (χ0) is 27.6. The van der Waals surface area contributed by atoms with Gasteiger partial charge in [0.2, 0.25) is 5.91 Å². The van der Waals surface area contributed by atoms with E-state index >= 15 is 4.39 Å². The molecule has 200 valence electrons. The molecule has 0 aromatic heterocycles. The maximum Gasteiger partial charge on any atom is 0.277 e. The lowest BCUT2D eigenvalue weighted by molar-refractivity contribution is -0.130. The van der Waals surface area contributed by atoms with Crippen molar-refractivity contribution in [3.05, 3.63) is 74.8 Å². The number of anilines is 2. The number of carbonyl (C=O) groups is 2. The fourth-order valence-corrected chi connectivity index (χ4v) is 3.38. The van der Waals surface area contributed by atoms with Gasteiger partial charge in [-0.25, -0.2) is 18.7 Å². The van der Waals surface area contributed by atoms with E-state index in [-0.39, 0.29) is 42.5 Å². The van der Waals surface area contributed by atoms with Crippen LogP contribution in [0.1, 0.15) is 29.8 Å². The molecule has 2 amide bonds. The predicted octanol–water partition coefficient (Wildman–Crippen LogP) is 4.42. The molecule has 0 aliphatic heterocycles. The van der Waals surface area contributed by atoms with Gasteiger partial charge in [0.1, 0.15) is 12.4 Å². The summed E-state index contributed by atoms with van der Waals surface area (Å²) in [5, 5.41) is 13.8. The second-order valence-electron chi connectivity index (χ2n) is 8.23. The van der Waals surface area contributed by atoms with Gasteiger partial charge >= 0.3 is 0 Å². The van der Waals surface area contributed by atoms with Gasteiger partial charge in [-0.15, -0.1) is 0 Å². The van der Waals surface area contributed by atoms with E-state index in [0.717, 1.165) is 6.07 Å². The van der Waals surface area contributed by atoms with Crippen LogP contribution in [0.3, 0.4) is 0 Å². The third-order valence-corrected chi connectivity index (χ3v) is 5.55. The fraction of sp³-hybridized carbons (Fsp3) is 0.280. The summed E-state index contributed by atoms with van der Waals surface area (Å²) in [5.41, 5.74) is -0.190. The van der Waals surface area contributed by atoms with Gasteiger partial charge < -0.3 is 20.5 Å². The number of ether oxygens (including phenoxy) is 1. The maximum absolute atomic E-state index is 15.1. The Morgan fingerprint density at radius 2 is 1.86 bits per heavy atom. The molecule has 37 heavy (non-hydrogen) atoms. The Morgan fingerprint density at radius 1 is 1.14 bits per heavy atom. The molecule has 2 aromatic carbocycles. The molecular formula is C25H27F3IN3O5. The number of amides is 2. The highest BCUT2D eigenvalue weighted by atomic mass is 127. The number of hydrogen-bond donors (Lipinski definition) is 4. The molecule has 12 heteroatoms. The number of allylic oxidation sites excluding steroid dienone is 2. The third-order valence-electron chi connectivity index (χ3n) is 4.88. The molecule has 0 spiro atoms. The number of benzene rings is 2. The van der Waals surface area contributed by atoms with E-state index in [1.165, 1.54) is 43.7 Å². The van der Waals surface area contributed by atoms with Crippen molar-refractivity contribution in [2.45, 2.75) is 13.8 Å². The minimum atomic E-state index is -1.42.